The Bertz CT molecular complexity index is 846. The number of aromatic nitrogens is 2. The summed E-state index contributed by atoms with van der Waals surface area (Å²) in [6.07, 6.45) is 5.29. The predicted octanol–water partition coefficient (Wildman–Crippen LogP) is 2.63. The second-order valence-corrected chi connectivity index (χ2v) is 6.60. The number of hydrogen-bond acceptors (Lipinski definition) is 4. The largest absolute Gasteiger partial charge is 0.478 e. The van der Waals surface area contributed by atoms with Crippen LogP contribution in [0, 0.1) is 5.92 Å². The molecule has 0 saturated heterocycles. The van der Waals surface area contributed by atoms with E-state index in [4.69, 9.17) is 10.2 Å². The van der Waals surface area contributed by atoms with Crippen LogP contribution in [0.25, 0.3) is 0 Å². The van der Waals surface area contributed by atoms with Gasteiger partial charge in [-0.2, -0.15) is 0 Å². The first-order valence-corrected chi connectivity index (χ1v) is 8.86. The van der Waals surface area contributed by atoms with Crippen molar-refractivity contribution in [3.63, 3.8) is 0 Å². The maximum Gasteiger partial charge on any atom is 0.328 e. The SMILES string of the molecule is O=C(Nc1ccccc1Br)C1CCc2nc[nH]c2C1.O=C(O)C=CC(=O)O. The summed E-state index contributed by atoms with van der Waals surface area (Å²) >= 11 is 3.44. The summed E-state index contributed by atoms with van der Waals surface area (Å²) in [5, 5.41) is 18.6. The van der Waals surface area contributed by atoms with Crippen molar-refractivity contribution in [1.29, 1.82) is 0 Å². The molecule has 0 aliphatic heterocycles. The summed E-state index contributed by atoms with van der Waals surface area (Å²) in [7, 11) is 0. The Labute approximate surface area is 163 Å². The monoisotopic (exact) mass is 435 g/mol. The molecule has 1 aliphatic carbocycles. The third kappa shape index (κ3) is 6.37. The highest BCUT2D eigenvalue weighted by Gasteiger charge is 2.26. The van der Waals surface area contributed by atoms with E-state index in [1.807, 2.05) is 24.3 Å². The van der Waals surface area contributed by atoms with Crippen LogP contribution in [0.15, 0.2) is 47.2 Å². The number of carbonyl (C=O) groups is 3. The van der Waals surface area contributed by atoms with Crippen LogP contribution in [-0.4, -0.2) is 38.0 Å². The molecule has 142 valence electrons. The molecule has 4 N–H and O–H groups in total. The molecule has 0 fully saturated rings. The van der Waals surface area contributed by atoms with E-state index >= 15 is 0 Å². The van der Waals surface area contributed by atoms with Crippen LogP contribution >= 0.6 is 15.9 Å². The summed E-state index contributed by atoms with van der Waals surface area (Å²) < 4.78 is 0.904. The molecule has 1 aromatic heterocycles. The Hall–Kier alpha value is -2.94. The number of carboxylic acids is 2. The van der Waals surface area contributed by atoms with Crippen molar-refractivity contribution in [2.75, 3.05) is 5.32 Å². The molecule has 1 aromatic carbocycles. The number of nitrogens with zero attached hydrogens (tertiary/aromatic N) is 1. The van der Waals surface area contributed by atoms with Gasteiger partial charge in [-0.05, 0) is 40.9 Å². The van der Waals surface area contributed by atoms with Gasteiger partial charge >= 0.3 is 11.9 Å². The molecule has 27 heavy (non-hydrogen) atoms. The molecule has 8 nitrogen and oxygen atoms in total. The topological polar surface area (TPSA) is 132 Å². The number of hydrogen-bond donors (Lipinski definition) is 4. The maximum atomic E-state index is 12.3. The first kappa shape index (κ1) is 20.4. The van der Waals surface area contributed by atoms with Gasteiger partial charge < -0.3 is 20.5 Å². The average molecular weight is 436 g/mol. The Kier molecular flexibility index (Phi) is 7.30. The molecule has 0 radical (unpaired) electrons. The van der Waals surface area contributed by atoms with Crippen LogP contribution in [0.4, 0.5) is 5.69 Å². The lowest BCUT2D eigenvalue weighted by Crippen LogP contribution is -2.28. The third-order valence-electron chi connectivity index (χ3n) is 3.86. The minimum atomic E-state index is -1.26. The highest BCUT2D eigenvalue weighted by molar-refractivity contribution is 9.10. The molecule has 1 heterocycles. The number of halogens is 1. The zero-order valence-electron chi connectivity index (χ0n) is 14.2. The Morgan fingerprint density at radius 1 is 1.19 bits per heavy atom. The summed E-state index contributed by atoms with van der Waals surface area (Å²) in [6, 6.07) is 7.65. The van der Waals surface area contributed by atoms with E-state index < -0.39 is 11.9 Å². The number of nitrogens with one attached hydrogen (secondary N) is 2. The molecular formula is C18H18BrN3O5. The van der Waals surface area contributed by atoms with Gasteiger partial charge in [0.25, 0.3) is 0 Å². The number of rotatable bonds is 4. The molecular weight excluding hydrogens is 418 g/mol. The Morgan fingerprint density at radius 3 is 2.48 bits per heavy atom. The fourth-order valence-corrected chi connectivity index (χ4v) is 2.95. The number of imidazole rings is 1. The number of H-pyrrole nitrogens is 1. The van der Waals surface area contributed by atoms with Crippen LogP contribution in [-0.2, 0) is 27.2 Å². The normalized spacial score (nSPS) is 15.4. The molecule has 1 unspecified atom stereocenters. The number of aromatic amines is 1. The highest BCUT2D eigenvalue weighted by atomic mass is 79.9. The average Bonchev–Trinajstić information content (AvgIpc) is 3.10. The van der Waals surface area contributed by atoms with Crippen molar-refractivity contribution in [1.82, 2.24) is 9.97 Å². The first-order valence-electron chi connectivity index (χ1n) is 8.07. The molecule has 2 aromatic rings. The molecule has 3 rings (SSSR count). The molecule has 9 heteroatoms. The number of fused-ring (bicyclic) bond motifs is 1. The number of para-hydroxylation sites is 1. The van der Waals surface area contributed by atoms with E-state index in [-0.39, 0.29) is 11.8 Å². The van der Waals surface area contributed by atoms with Crippen molar-refractivity contribution < 1.29 is 24.6 Å². The lowest BCUT2D eigenvalue weighted by atomic mass is 9.89. The summed E-state index contributed by atoms with van der Waals surface area (Å²) in [5.41, 5.74) is 3.02. The first-order chi connectivity index (χ1) is 12.9. The van der Waals surface area contributed by atoms with Crippen LogP contribution in [0.2, 0.25) is 0 Å². The van der Waals surface area contributed by atoms with E-state index in [9.17, 15) is 14.4 Å². The molecule has 0 spiro atoms. The smallest absolute Gasteiger partial charge is 0.328 e. The molecule has 1 atom stereocenters. The number of carboxylic acid groups (broad SMARTS) is 2. The zero-order valence-corrected chi connectivity index (χ0v) is 15.8. The van der Waals surface area contributed by atoms with Crippen LogP contribution in [0.5, 0.6) is 0 Å². The Balaban J connectivity index is 0.000000279. The van der Waals surface area contributed by atoms with E-state index in [2.05, 4.69) is 31.2 Å². The fraction of sp³-hybridized carbons (Fsp3) is 0.222. The quantitative estimate of drug-likeness (QED) is 0.545. The van der Waals surface area contributed by atoms with Gasteiger partial charge in [-0.1, -0.05) is 12.1 Å². The molecule has 1 amide bonds. The summed E-state index contributed by atoms with van der Waals surface area (Å²) in [6.45, 7) is 0. The molecule has 0 bridgehead atoms. The van der Waals surface area contributed by atoms with Crippen LogP contribution in [0.1, 0.15) is 17.8 Å². The van der Waals surface area contributed by atoms with Crippen molar-refractivity contribution >= 4 is 39.5 Å². The zero-order chi connectivity index (χ0) is 19.8. The minimum Gasteiger partial charge on any atom is -0.478 e. The van der Waals surface area contributed by atoms with Gasteiger partial charge in [-0.15, -0.1) is 0 Å². The minimum absolute atomic E-state index is 0.0139. The van der Waals surface area contributed by atoms with E-state index in [0.29, 0.717) is 12.2 Å². The standard InChI is InChI=1S/C14H14BrN3O.C4H4O4/c15-10-3-1-2-4-11(10)18-14(19)9-5-6-12-13(7-9)17-8-16-12;5-3(6)1-2-4(7)8/h1-4,8-9H,5-7H2,(H,16,17)(H,18,19);1-2H,(H,5,6)(H,7,8). The van der Waals surface area contributed by atoms with Crippen LogP contribution in [0.3, 0.4) is 0 Å². The number of carbonyl (C=O) groups excluding carboxylic acids is 1. The molecule has 1 aliphatic rings. The number of benzene rings is 1. The number of amides is 1. The number of anilines is 1. The number of aliphatic carboxylic acids is 2. The maximum absolute atomic E-state index is 12.3. The van der Waals surface area contributed by atoms with Gasteiger partial charge in [0, 0.05) is 34.7 Å². The lowest BCUT2D eigenvalue weighted by molar-refractivity contribution is -0.134. The summed E-state index contributed by atoms with van der Waals surface area (Å²) in [5.74, 6) is -2.42. The molecule has 0 saturated carbocycles. The van der Waals surface area contributed by atoms with Gasteiger partial charge in [0.15, 0.2) is 0 Å². The van der Waals surface area contributed by atoms with Crippen LogP contribution < -0.4 is 5.32 Å². The van der Waals surface area contributed by atoms with Gasteiger partial charge in [-0.25, -0.2) is 14.6 Å². The lowest BCUT2D eigenvalue weighted by Gasteiger charge is -2.21. The van der Waals surface area contributed by atoms with Gasteiger partial charge in [0.05, 0.1) is 17.7 Å². The van der Waals surface area contributed by atoms with Crippen molar-refractivity contribution in [2.45, 2.75) is 19.3 Å². The fourth-order valence-electron chi connectivity index (χ4n) is 2.56. The number of aryl methyl sites for hydroxylation is 1. The van der Waals surface area contributed by atoms with E-state index in [1.54, 1.807) is 6.33 Å². The van der Waals surface area contributed by atoms with E-state index in [1.165, 1.54) is 0 Å². The van der Waals surface area contributed by atoms with Gasteiger partial charge in [0.1, 0.15) is 0 Å². The van der Waals surface area contributed by atoms with Gasteiger partial charge in [-0.3, -0.25) is 4.79 Å². The highest BCUT2D eigenvalue weighted by Crippen LogP contribution is 2.26. The third-order valence-corrected chi connectivity index (χ3v) is 4.55. The van der Waals surface area contributed by atoms with Crippen molar-refractivity contribution in [3.05, 3.63) is 58.6 Å². The van der Waals surface area contributed by atoms with Crippen molar-refractivity contribution in [3.8, 4) is 0 Å². The Morgan fingerprint density at radius 2 is 1.85 bits per heavy atom. The summed E-state index contributed by atoms with van der Waals surface area (Å²) in [4.78, 5) is 38.8. The van der Waals surface area contributed by atoms with Gasteiger partial charge in [0.2, 0.25) is 5.91 Å². The second kappa shape index (κ2) is 9.67. The van der Waals surface area contributed by atoms with E-state index in [0.717, 1.165) is 40.8 Å². The van der Waals surface area contributed by atoms with Crippen molar-refractivity contribution in [2.24, 2.45) is 5.92 Å². The second-order valence-electron chi connectivity index (χ2n) is 5.75. The predicted molar refractivity (Wildman–Crippen MR) is 101 cm³/mol.